The molecular formula is C24H23NO4. The average molecular weight is 389 g/mol. The third-order valence-corrected chi connectivity index (χ3v) is 4.24. The van der Waals surface area contributed by atoms with Gasteiger partial charge in [-0.3, -0.25) is 4.98 Å². The predicted octanol–water partition coefficient (Wildman–Crippen LogP) is 4.73. The molecule has 148 valence electrons. The fourth-order valence-electron chi connectivity index (χ4n) is 2.67. The van der Waals surface area contributed by atoms with Crippen LogP contribution in [-0.2, 0) is 22.7 Å². The van der Waals surface area contributed by atoms with E-state index in [0.29, 0.717) is 12.4 Å². The van der Waals surface area contributed by atoms with Crippen molar-refractivity contribution in [3.63, 3.8) is 0 Å². The molecule has 3 rings (SSSR count). The first-order chi connectivity index (χ1) is 14.1. The first-order valence-electron chi connectivity index (χ1n) is 9.24. The van der Waals surface area contributed by atoms with Crippen LogP contribution in [0.1, 0.15) is 22.3 Å². The van der Waals surface area contributed by atoms with Crippen LogP contribution in [0.4, 0.5) is 0 Å². The summed E-state index contributed by atoms with van der Waals surface area (Å²) in [7, 11) is 1.60. The van der Waals surface area contributed by atoms with Crippen molar-refractivity contribution in [2.24, 2.45) is 0 Å². The molecule has 0 saturated carbocycles. The topological polar surface area (TPSA) is 57.7 Å². The predicted molar refractivity (Wildman–Crippen MR) is 112 cm³/mol. The van der Waals surface area contributed by atoms with E-state index in [1.807, 2.05) is 61.5 Å². The number of ether oxygens (including phenoxy) is 3. The lowest BCUT2D eigenvalue weighted by molar-refractivity contribution is -0.138. The third-order valence-electron chi connectivity index (χ3n) is 4.24. The quantitative estimate of drug-likeness (QED) is 0.412. The van der Waals surface area contributed by atoms with Crippen LogP contribution in [0.15, 0.2) is 73.1 Å². The Kier molecular flexibility index (Phi) is 7.00. The molecule has 2 aromatic carbocycles. The second kappa shape index (κ2) is 10.1. The molecule has 0 N–H and O–H groups in total. The van der Waals surface area contributed by atoms with Crippen molar-refractivity contribution in [2.45, 2.75) is 20.1 Å². The summed E-state index contributed by atoms with van der Waals surface area (Å²) in [4.78, 5) is 16.0. The average Bonchev–Trinajstić information content (AvgIpc) is 2.76. The number of aromatic nitrogens is 1. The van der Waals surface area contributed by atoms with Crippen LogP contribution in [0, 0.1) is 6.92 Å². The highest BCUT2D eigenvalue weighted by atomic mass is 16.5. The highest BCUT2D eigenvalue weighted by Gasteiger charge is 2.03. The van der Waals surface area contributed by atoms with E-state index in [4.69, 9.17) is 14.2 Å². The summed E-state index contributed by atoms with van der Waals surface area (Å²) in [5, 5.41) is 0. The molecule has 0 unspecified atom stereocenters. The van der Waals surface area contributed by atoms with Crippen molar-refractivity contribution in [2.75, 3.05) is 7.11 Å². The molecule has 1 aromatic heterocycles. The lowest BCUT2D eigenvalue weighted by Gasteiger charge is -2.08. The summed E-state index contributed by atoms with van der Waals surface area (Å²) in [6.45, 7) is 2.66. The molecular weight excluding hydrogens is 366 g/mol. The lowest BCUT2D eigenvalue weighted by Crippen LogP contribution is -2.01. The maximum absolute atomic E-state index is 12.0. The summed E-state index contributed by atoms with van der Waals surface area (Å²) in [6.07, 6.45) is 6.58. The number of rotatable bonds is 8. The zero-order valence-electron chi connectivity index (χ0n) is 16.5. The van der Waals surface area contributed by atoms with Gasteiger partial charge in [0.05, 0.1) is 7.11 Å². The summed E-state index contributed by atoms with van der Waals surface area (Å²) in [6, 6.07) is 17.1. The number of hydrogen-bond acceptors (Lipinski definition) is 5. The Morgan fingerprint density at radius 2 is 1.69 bits per heavy atom. The Morgan fingerprint density at radius 1 is 0.966 bits per heavy atom. The number of pyridine rings is 1. The molecule has 5 nitrogen and oxygen atoms in total. The number of benzene rings is 2. The molecule has 0 fully saturated rings. The minimum absolute atomic E-state index is 0.193. The Morgan fingerprint density at radius 3 is 2.41 bits per heavy atom. The number of carbonyl (C=O) groups excluding carboxylic acids is 1. The largest absolute Gasteiger partial charge is 0.496 e. The van der Waals surface area contributed by atoms with Crippen LogP contribution < -0.4 is 9.47 Å². The number of carbonyl (C=O) groups is 1. The van der Waals surface area contributed by atoms with Crippen molar-refractivity contribution in [3.8, 4) is 11.5 Å². The fourth-order valence-corrected chi connectivity index (χ4v) is 2.67. The molecule has 0 spiro atoms. The molecule has 5 heteroatoms. The molecule has 0 aliphatic carbocycles. The highest BCUT2D eigenvalue weighted by molar-refractivity contribution is 5.87. The van der Waals surface area contributed by atoms with Gasteiger partial charge in [-0.25, -0.2) is 4.79 Å². The van der Waals surface area contributed by atoms with Crippen molar-refractivity contribution < 1.29 is 19.0 Å². The molecule has 0 amide bonds. The molecule has 0 aliphatic rings. The van der Waals surface area contributed by atoms with E-state index >= 15 is 0 Å². The molecule has 1 heterocycles. The van der Waals surface area contributed by atoms with Gasteiger partial charge in [-0.05, 0) is 60.5 Å². The third kappa shape index (κ3) is 6.21. The number of hydrogen-bond donors (Lipinski definition) is 0. The molecule has 3 aromatic rings. The van der Waals surface area contributed by atoms with Gasteiger partial charge in [0.25, 0.3) is 0 Å². The van der Waals surface area contributed by atoms with Gasteiger partial charge in [-0.2, -0.15) is 0 Å². The number of aryl methyl sites for hydroxylation is 1. The number of methoxy groups -OCH3 is 1. The van der Waals surface area contributed by atoms with E-state index < -0.39 is 5.97 Å². The smallest absolute Gasteiger partial charge is 0.331 e. The molecule has 0 atom stereocenters. The van der Waals surface area contributed by atoms with Crippen molar-refractivity contribution in [1.82, 2.24) is 4.98 Å². The van der Waals surface area contributed by atoms with Gasteiger partial charge < -0.3 is 14.2 Å². The van der Waals surface area contributed by atoms with E-state index in [1.165, 1.54) is 6.08 Å². The first-order valence-corrected chi connectivity index (χ1v) is 9.24. The molecule has 0 aliphatic heterocycles. The van der Waals surface area contributed by atoms with Crippen LogP contribution in [0.3, 0.4) is 0 Å². The van der Waals surface area contributed by atoms with E-state index in [9.17, 15) is 4.79 Å². The summed E-state index contributed by atoms with van der Waals surface area (Å²) >= 11 is 0. The van der Waals surface area contributed by atoms with Crippen LogP contribution in [-0.4, -0.2) is 18.1 Å². The van der Waals surface area contributed by atoms with Gasteiger partial charge in [0, 0.05) is 24.0 Å². The van der Waals surface area contributed by atoms with Gasteiger partial charge in [-0.15, -0.1) is 0 Å². The summed E-state index contributed by atoms with van der Waals surface area (Å²) in [5.41, 5.74) is 3.86. The fraction of sp³-hybridized carbons (Fsp3) is 0.167. The Bertz CT molecular complexity index is 966. The maximum Gasteiger partial charge on any atom is 0.331 e. The molecule has 0 radical (unpaired) electrons. The number of nitrogens with zero attached hydrogens (tertiary/aromatic N) is 1. The zero-order valence-corrected chi connectivity index (χ0v) is 16.5. The van der Waals surface area contributed by atoms with Crippen molar-refractivity contribution in [3.05, 3.63) is 95.3 Å². The van der Waals surface area contributed by atoms with Crippen LogP contribution in [0.5, 0.6) is 11.5 Å². The van der Waals surface area contributed by atoms with Gasteiger partial charge >= 0.3 is 5.97 Å². The van der Waals surface area contributed by atoms with Gasteiger partial charge in [0.15, 0.2) is 0 Å². The standard InChI is InChI=1S/C24H23NO4/c1-18-3-9-23(27-2)21(15-18)6-10-24(26)29-17-19-4-7-22(8-5-19)28-16-20-11-13-25-14-12-20/h3-15H,16-17H2,1-2H3/b10-6+. The van der Waals surface area contributed by atoms with Crippen molar-refractivity contribution in [1.29, 1.82) is 0 Å². The SMILES string of the molecule is COc1ccc(C)cc1/C=C/C(=O)OCc1ccc(OCc2ccncc2)cc1. The molecule has 0 saturated heterocycles. The minimum Gasteiger partial charge on any atom is -0.496 e. The zero-order chi connectivity index (χ0) is 20.5. The molecule has 29 heavy (non-hydrogen) atoms. The van der Waals surface area contributed by atoms with Crippen molar-refractivity contribution >= 4 is 12.0 Å². The van der Waals surface area contributed by atoms with Crippen LogP contribution in [0.25, 0.3) is 6.08 Å². The van der Waals surface area contributed by atoms with E-state index in [-0.39, 0.29) is 6.61 Å². The van der Waals surface area contributed by atoms with Gasteiger partial charge in [0.1, 0.15) is 24.7 Å². The van der Waals surface area contributed by atoms with Crippen LogP contribution >= 0.6 is 0 Å². The normalized spacial score (nSPS) is 10.7. The second-order valence-electron chi connectivity index (χ2n) is 6.47. The monoisotopic (exact) mass is 389 g/mol. The first kappa shape index (κ1) is 20.1. The second-order valence-corrected chi connectivity index (χ2v) is 6.47. The Hall–Kier alpha value is -3.60. The van der Waals surface area contributed by atoms with E-state index in [1.54, 1.807) is 25.6 Å². The summed E-state index contributed by atoms with van der Waals surface area (Å²) in [5.74, 6) is 1.05. The van der Waals surface area contributed by atoms with E-state index in [0.717, 1.165) is 28.0 Å². The maximum atomic E-state index is 12.0. The van der Waals surface area contributed by atoms with Gasteiger partial charge in [-0.1, -0.05) is 23.8 Å². The highest BCUT2D eigenvalue weighted by Crippen LogP contribution is 2.21. The number of esters is 1. The summed E-state index contributed by atoms with van der Waals surface area (Å²) < 4.78 is 16.3. The lowest BCUT2D eigenvalue weighted by atomic mass is 10.1. The Labute approximate surface area is 170 Å². The van der Waals surface area contributed by atoms with E-state index in [2.05, 4.69) is 4.98 Å². The van der Waals surface area contributed by atoms with Crippen LogP contribution in [0.2, 0.25) is 0 Å². The van der Waals surface area contributed by atoms with Gasteiger partial charge in [0.2, 0.25) is 0 Å². The molecule has 0 bridgehead atoms. The minimum atomic E-state index is -0.411. The Balaban J connectivity index is 1.49.